The molecule has 3 N–H and O–H groups in total. The molecule has 0 bridgehead atoms. The minimum absolute atomic E-state index is 0.850. The molecule has 0 aliphatic rings. The molecule has 14 heavy (non-hydrogen) atoms. The Labute approximate surface area is 88.3 Å². The van der Waals surface area contributed by atoms with E-state index < -0.39 is 0 Å². The molecule has 2 nitrogen and oxygen atoms in total. The molecule has 0 aromatic carbocycles. The van der Waals surface area contributed by atoms with Crippen LogP contribution >= 0.6 is 0 Å². The average Bonchev–Trinajstić information content (AvgIpc) is 2.23. The van der Waals surface area contributed by atoms with Crippen LogP contribution in [0.1, 0.15) is 40.0 Å². The average molecular weight is 196 g/mol. The Morgan fingerprint density at radius 3 is 2.43 bits per heavy atom. The number of allylic oxidation sites excluding steroid dienone is 2. The number of hydrogen-bond donors (Lipinski definition) is 2. The van der Waals surface area contributed by atoms with Crippen molar-refractivity contribution in [3.8, 4) is 0 Å². The fourth-order valence-electron chi connectivity index (χ4n) is 1.48. The zero-order valence-electron chi connectivity index (χ0n) is 9.72. The van der Waals surface area contributed by atoms with Gasteiger partial charge in [-0.25, -0.2) is 0 Å². The number of rotatable bonds is 7. The molecule has 0 aliphatic carbocycles. The molecule has 0 aliphatic heterocycles. The quantitative estimate of drug-likeness (QED) is 0.614. The van der Waals surface area contributed by atoms with E-state index in [1.807, 2.05) is 19.1 Å². The molecule has 0 heterocycles. The van der Waals surface area contributed by atoms with Gasteiger partial charge in [-0.1, -0.05) is 32.8 Å². The zero-order valence-corrected chi connectivity index (χ0v) is 9.72. The van der Waals surface area contributed by atoms with Crippen LogP contribution in [0, 0.1) is 5.92 Å². The van der Waals surface area contributed by atoms with E-state index in [2.05, 4.69) is 19.2 Å². The smallest absolute Gasteiger partial charge is 0.0311 e. The van der Waals surface area contributed by atoms with Gasteiger partial charge in [0.2, 0.25) is 0 Å². The molecule has 0 aromatic rings. The van der Waals surface area contributed by atoms with Crippen molar-refractivity contribution >= 4 is 0 Å². The summed E-state index contributed by atoms with van der Waals surface area (Å²) in [5.74, 6) is 0.850. The van der Waals surface area contributed by atoms with E-state index in [1.54, 1.807) is 6.20 Å². The van der Waals surface area contributed by atoms with Crippen LogP contribution in [0.25, 0.3) is 0 Å². The van der Waals surface area contributed by atoms with Gasteiger partial charge in [0, 0.05) is 12.2 Å². The second kappa shape index (κ2) is 8.67. The van der Waals surface area contributed by atoms with Crippen molar-refractivity contribution in [3.63, 3.8) is 0 Å². The Hall–Kier alpha value is -0.920. The lowest BCUT2D eigenvalue weighted by atomic mass is 10.00. The molecule has 82 valence electrons. The normalized spacial score (nSPS) is 12.7. The number of hydrogen-bond acceptors (Lipinski definition) is 2. The molecule has 0 saturated heterocycles. The molecular weight excluding hydrogens is 172 g/mol. The standard InChI is InChI=1S/C12H24N2/c1-4-11(5-2)8-10-14-12(6-3)7-9-13/h6-7,9,11,14H,4-5,8,10,13H2,1-3H3/b9-7-,12-6+. The van der Waals surface area contributed by atoms with Gasteiger partial charge in [-0.2, -0.15) is 0 Å². The molecule has 0 radical (unpaired) electrons. The minimum atomic E-state index is 0.850. The summed E-state index contributed by atoms with van der Waals surface area (Å²) in [6.45, 7) is 7.56. The predicted octanol–water partition coefficient (Wildman–Crippen LogP) is 2.78. The summed E-state index contributed by atoms with van der Waals surface area (Å²) >= 11 is 0. The molecule has 0 atom stereocenters. The van der Waals surface area contributed by atoms with Crippen LogP contribution < -0.4 is 11.1 Å². The second-order valence-electron chi connectivity index (χ2n) is 3.50. The third-order valence-electron chi connectivity index (χ3n) is 2.62. The van der Waals surface area contributed by atoms with Crippen molar-refractivity contribution in [2.75, 3.05) is 6.54 Å². The van der Waals surface area contributed by atoms with Gasteiger partial charge in [0.1, 0.15) is 0 Å². The third-order valence-corrected chi connectivity index (χ3v) is 2.62. The van der Waals surface area contributed by atoms with E-state index in [4.69, 9.17) is 5.73 Å². The maximum Gasteiger partial charge on any atom is 0.0311 e. The molecule has 0 rings (SSSR count). The van der Waals surface area contributed by atoms with E-state index in [0.29, 0.717) is 0 Å². The van der Waals surface area contributed by atoms with Crippen molar-refractivity contribution in [3.05, 3.63) is 24.0 Å². The first-order valence-electron chi connectivity index (χ1n) is 5.56. The van der Waals surface area contributed by atoms with E-state index in [0.717, 1.165) is 18.2 Å². The van der Waals surface area contributed by atoms with Crippen LogP contribution in [-0.2, 0) is 0 Å². The van der Waals surface area contributed by atoms with Gasteiger partial charge in [0.15, 0.2) is 0 Å². The van der Waals surface area contributed by atoms with Crippen LogP contribution in [0.2, 0.25) is 0 Å². The fraction of sp³-hybridized carbons (Fsp3) is 0.667. The Balaban J connectivity index is 3.71. The highest BCUT2D eigenvalue weighted by Gasteiger charge is 2.01. The van der Waals surface area contributed by atoms with Gasteiger partial charge in [0.25, 0.3) is 0 Å². The van der Waals surface area contributed by atoms with Crippen LogP contribution in [0.4, 0.5) is 0 Å². The summed E-state index contributed by atoms with van der Waals surface area (Å²) in [6.07, 6.45) is 9.29. The predicted molar refractivity (Wildman–Crippen MR) is 63.8 cm³/mol. The van der Waals surface area contributed by atoms with Crippen molar-refractivity contribution in [1.82, 2.24) is 5.32 Å². The number of nitrogens with two attached hydrogens (primary N) is 1. The van der Waals surface area contributed by atoms with Gasteiger partial charge in [0.05, 0.1) is 0 Å². The van der Waals surface area contributed by atoms with E-state index >= 15 is 0 Å². The topological polar surface area (TPSA) is 38.0 Å². The minimum Gasteiger partial charge on any atom is -0.405 e. The summed E-state index contributed by atoms with van der Waals surface area (Å²) in [4.78, 5) is 0. The van der Waals surface area contributed by atoms with Gasteiger partial charge in [-0.15, -0.1) is 0 Å². The monoisotopic (exact) mass is 196 g/mol. The van der Waals surface area contributed by atoms with Crippen molar-refractivity contribution < 1.29 is 0 Å². The van der Waals surface area contributed by atoms with E-state index in [-0.39, 0.29) is 0 Å². The maximum atomic E-state index is 5.33. The highest BCUT2D eigenvalue weighted by atomic mass is 14.9. The summed E-state index contributed by atoms with van der Waals surface area (Å²) in [5, 5.41) is 3.36. The fourth-order valence-corrected chi connectivity index (χ4v) is 1.48. The highest BCUT2D eigenvalue weighted by Crippen LogP contribution is 2.11. The van der Waals surface area contributed by atoms with Gasteiger partial charge >= 0.3 is 0 Å². The summed E-state index contributed by atoms with van der Waals surface area (Å²) < 4.78 is 0. The van der Waals surface area contributed by atoms with E-state index in [1.165, 1.54) is 19.3 Å². The Kier molecular flexibility index (Phi) is 8.10. The maximum absolute atomic E-state index is 5.33. The largest absolute Gasteiger partial charge is 0.405 e. The zero-order chi connectivity index (χ0) is 10.8. The van der Waals surface area contributed by atoms with Crippen LogP contribution in [0.5, 0.6) is 0 Å². The Morgan fingerprint density at radius 2 is 2.00 bits per heavy atom. The van der Waals surface area contributed by atoms with Crippen LogP contribution in [0.15, 0.2) is 24.0 Å². The van der Waals surface area contributed by atoms with Crippen LogP contribution in [0.3, 0.4) is 0 Å². The van der Waals surface area contributed by atoms with Crippen molar-refractivity contribution in [2.45, 2.75) is 40.0 Å². The Morgan fingerprint density at radius 1 is 1.36 bits per heavy atom. The molecule has 0 amide bonds. The first kappa shape index (κ1) is 13.1. The number of nitrogens with one attached hydrogen (secondary N) is 1. The Bertz CT molecular complexity index is 179. The van der Waals surface area contributed by atoms with E-state index in [9.17, 15) is 0 Å². The molecule has 2 heteroatoms. The lowest BCUT2D eigenvalue weighted by Gasteiger charge is -2.13. The van der Waals surface area contributed by atoms with Crippen molar-refractivity contribution in [1.29, 1.82) is 0 Å². The van der Waals surface area contributed by atoms with Gasteiger partial charge < -0.3 is 11.1 Å². The summed E-state index contributed by atoms with van der Waals surface area (Å²) in [5.41, 5.74) is 6.44. The lowest BCUT2D eigenvalue weighted by Crippen LogP contribution is -2.16. The van der Waals surface area contributed by atoms with Crippen molar-refractivity contribution in [2.24, 2.45) is 11.7 Å². The summed E-state index contributed by atoms with van der Waals surface area (Å²) in [6, 6.07) is 0. The molecule has 0 spiro atoms. The van der Waals surface area contributed by atoms with Crippen LogP contribution in [-0.4, -0.2) is 6.54 Å². The molecule has 0 unspecified atom stereocenters. The molecule has 0 aromatic heterocycles. The first-order chi connectivity index (χ1) is 6.78. The molecule has 0 saturated carbocycles. The highest BCUT2D eigenvalue weighted by molar-refractivity contribution is 5.14. The molecular formula is C12H24N2. The lowest BCUT2D eigenvalue weighted by molar-refractivity contribution is 0.449. The third kappa shape index (κ3) is 5.68. The summed E-state index contributed by atoms with van der Waals surface area (Å²) in [7, 11) is 0. The molecule has 0 fully saturated rings. The van der Waals surface area contributed by atoms with Gasteiger partial charge in [-0.05, 0) is 31.5 Å². The van der Waals surface area contributed by atoms with Gasteiger partial charge in [-0.3, -0.25) is 0 Å². The first-order valence-corrected chi connectivity index (χ1v) is 5.56. The second-order valence-corrected chi connectivity index (χ2v) is 3.50. The SMILES string of the molecule is C/C=C(\C=C/N)NCCC(CC)CC.